The summed E-state index contributed by atoms with van der Waals surface area (Å²) in [6.07, 6.45) is 2.94. The predicted octanol–water partition coefficient (Wildman–Crippen LogP) is 1.11. The molecule has 0 aliphatic rings. The molecule has 7 heteroatoms. The Morgan fingerprint density at radius 1 is 1.40 bits per heavy atom. The van der Waals surface area contributed by atoms with Gasteiger partial charge in [0.1, 0.15) is 10.8 Å². The first kappa shape index (κ1) is 9.60. The first-order chi connectivity index (χ1) is 7.25. The van der Waals surface area contributed by atoms with Crippen LogP contribution in [-0.2, 0) is 0 Å². The number of halogens is 1. The Balaban J connectivity index is 2.13. The van der Waals surface area contributed by atoms with E-state index in [9.17, 15) is 4.79 Å². The summed E-state index contributed by atoms with van der Waals surface area (Å²) in [6, 6.07) is 3.06. The number of nitrogens with zero attached hydrogens (tertiary/aromatic N) is 3. The highest BCUT2D eigenvalue weighted by atomic mass is 35.5. The largest absolute Gasteiger partial charge is 0.289 e. The van der Waals surface area contributed by atoms with Crippen LogP contribution in [0.5, 0.6) is 0 Å². The quantitative estimate of drug-likeness (QED) is 0.747. The van der Waals surface area contributed by atoms with Gasteiger partial charge in [0.25, 0.3) is 5.91 Å². The molecule has 0 bridgehead atoms. The molecular weight excluding hydrogens is 218 g/mol. The van der Waals surface area contributed by atoms with Crippen molar-refractivity contribution < 1.29 is 4.79 Å². The fourth-order valence-corrected chi connectivity index (χ4v) is 1.08. The van der Waals surface area contributed by atoms with Crippen LogP contribution < -0.4 is 5.32 Å². The van der Waals surface area contributed by atoms with Gasteiger partial charge in [-0.3, -0.25) is 15.2 Å². The summed E-state index contributed by atoms with van der Waals surface area (Å²) in [4.78, 5) is 19.1. The van der Waals surface area contributed by atoms with Gasteiger partial charge >= 0.3 is 0 Å². The number of anilines is 1. The summed E-state index contributed by atoms with van der Waals surface area (Å²) >= 11 is 5.63. The lowest BCUT2D eigenvalue weighted by molar-refractivity contribution is 0.102. The molecule has 2 aromatic rings. The SMILES string of the molecule is O=C(Nc1nccc(Cl)n1)c1ccn[nH]1. The molecule has 0 aliphatic carbocycles. The van der Waals surface area contributed by atoms with E-state index in [1.807, 2.05) is 0 Å². The Kier molecular flexibility index (Phi) is 2.59. The molecule has 2 N–H and O–H groups in total. The number of amides is 1. The molecule has 15 heavy (non-hydrogen) atoms. The highest BCUT2D eigenvalue weighted by Crippen LogP contribution is 2.06. The minimum atomic E-state index is -0.366. The second-order valence-electron chi connectivity index (χ2n) is 2.63. The van der Waals surface area contributed by atoms with Crippen molar-refractivity contribution in [3.8, 4) is 0 Å². The van der Waals surface area contributed by atoms with Gasteiger partial charge in [-0.1, -0.05) is 11.6 Å². The smallest absolute Gasteiger partial charge is 0.276 e. The van der Waals surface area contributed by atoms with E-state index in [4.69, 9.17) is 11.6 Å². The van der Waals surface area contributed by atoms with Crippen molar-refractivity contribution in [3.05, 3.63) is 35.4 Å². The summed E-state index contributed by atoms with van der Waals surface area (Å²) in [6.45, 7) is 0. The molecule has 0 aliphatic heterocycles. The fraction of sp³-hybridized carbons (Fsp3) is 0. The average Bonchev–Trinajstić information content (AvgIpc) is 2.70. The first-order valence-electron chi connectivity index (χ1n) is 4.05. The molecule has 0 saturated heterocycles. The van der Waals surface area contributed by atoms with E-state index in [0.29, 0.717) is 5.69 Å². The van der Waals surface area contributed by atoms with Crippen LogP contribution in [0.1, 0.15) is 10.5 Å². The zero-order valence-corrected chi connectivity index (χ0v) is 8.19. The number of aromatic nitrogens is 4. The van der Waals surface area contributed by atoms with Gasteiger partial charge in [-0.2, -0.15) is 5.10 Å². The Labute approximate surface area is 89.7 Å². The number of aromatic amines is 1. The second kappa shape index (κ2) is 4.05. The molecule has 1 amide bonds. The lowest BCUT2D eigenvalue weighted by Gasteiger charge is -2.00. The van der Waals surface area contributed by atoms with Crippen molar-refractivity contribution in [2.45, 2.75) is 0 Å². The number of carbonyl (C=O) groups excluding carboxylic acids is 1. The zero-order chi connectivity index (χ0) is 10.7. The summed E-state index contributed by atoms with van der Waals surface area (Å²) in [7, 11) is 0. The first-order valence-corrected chi connectivity index (χ1v) is 4.43. The summed E-state index contributed by atoms with van der Waals surface area (Å²) < 4.78 is 0. The van der Waals surface area contributed by atoms with Crippen molar-refractivity contribution in [2.75, 3.05) is 5.32 Å². The highest BCUT2D eigenvalue weighted by Gasteiger charge is 2.08. The van der Waals surface area contributed by atoms with Crippen molar-refractivity contribution in [2.24, 2.45) is 0 Å². The molecule has 0 radical (unpaired) electrons. The van der Waals surface area contributed by atoms with E-state index in [2.05, 4.69) is 25.5 Å². The van der Waals surface area contributed by atoms with E-state index < -0.39 is 0 Å². The third-order valence-corrected chi connectivity index (χ3v) is 1.80. The Morgan fingerprint density at radius 2 is 2.27 bits per heavy atom. The van der Waals surface area contributed by atoms with Gasteiger partial charge in [0, 0.05) is 12.4 Å². The van der Waals surface area contributed by atoms with Gasteiger partial charge in [-0.15, -0.1) is 0 Å². The van der Waals surface area contributed by atoms with Gasteiger partial charge in [-0.05, 0) is 12.1 Å². The number of nitrogens with one attached hydrogen (secondary N) is 2. The van der Waals surface area contributed by atoms with Crippen LogP contribution in [0.2, 0.25) is 5.15 Å². The molecule has 0 spiro atoms. The molecule has 0 fully saturated rings. The van der Waals surface area contributed by atoms with E-state index in [-0.39, 0.29) is 17.0 Å². The third kappa shape index (κ3) is 2.29. The molecule has 6 nitrogen and oxygen atoms in total. The summed E-state index contributed by atoms with van der Waals surface area (Å²) in [5.41, 5.74) is 0.332. The van der Waals surface area contributed by atoms with Gasteiger partial charge in [-0.25, -0.2) is 9.97 Å². The van der Waals surface area contributed by atoms with Gasteiger partial charge in [0.05, 0.1) is 0 Å². The topological polar surface area (TPSA) is 83.6 Å². The molecule has 2 aromatic heterocycles. The van der Waals surface area contributed by atoms with Crippen LogP contribution >= 0.6 is 11.6 Å². The molecule has 2 rings (SSSR count). The molecule has 0 unspecified atom stereocenters. The molecule has 0 saturated carbocycles. The van der Waals surface area contributed by atoms with E-state index >= 15 is 0 Å². The van der Waals surface area contributed by atoms with Crippen molar-refractivity contribution in [1.29, 1.82) is 0 Å². The van der Waals surface area contributed by atoms with Gasteiger partial charge in [0.2, 0.25) is 5.95 Å². The van der Waals surface area contributed by atoms with Crippen molar-refractivity contribution >= 4 is 23.5 Å². The third-order valence-electron chi connectivity index (χ3n) is 1.59. The fourth-order valence-electron chi connectivity index (χ4n) is 0.948. The maximum atomic E-state index is 11.5. The maximum absolute atomic E-state index is 11.5. The van der Waals surface area contributed by atoms with Crippen LogP contribution in [0.4, 0.5) is 5.95 Å². The molecule has 0 aromatic carbocycles. The minimum absolute atomic E-state index is 0.155. The molecule has 76 valence electrons. The Hall–Kier alpha value is -1.95. The Bertz CT molecular complexity index is 470. The van der Waals surface area contributed by atoms with E-state index in [0.717, 1.165) is 0 Å². The zero-order valence-electron chi connectivity index (χ0n) is 7.44. The summed E-state index contributed by atoms with van der Waals surface area (Å²) in [5, 5.41) is 8.91. The standard InChI is InChI=1S/C8H6ClN5O/c9-6-2-3-10-8(12-6)13-7(15)5-1-4-11-14-5/h1-4H,(H,11,14)(H,10,12,13,15). The highest BCUT2D eigenvalue weighted by molar-refractivity contribution is 6.29. The van der Waals surface area contributed by atoms with Gasteiger partial charge in [0.15, 0.2) is 0 Å². The monoisotopic (exact) mass is 223 g/mol. The second-order valence-corrected chi connectivity index (χ2v) is 3.01. The van der Waals surface area contributed by atoms with Crippen LogP contribution in [0.15, 0.2) is 24.5 Å². The molecule has 0 atom stereocenters. The lowest BCUT2D eigenvalue weighted by Crippen LogP contribution is -2.14. The maximum Gasteiger partial charge on any atom is 0.276 e. The number of hydrogen-bond acceptors (Lipinski definition) is 4. The Morgan fingerprint density at radius 3 is 2.93 bits per heavy atom. The van der Waals surface area contributed by atoms with Crippen LogP contribution in [0.25, 0.3) is 0 Å². The van der Waals surface area contributed by atoms with Crippen molar-refractivity contribution in [1.82, 2.24) is 20.2 Å². The summed E-state index contributed by atoms with van der Waals surface area (Å²) in [5.74, 6) is -0.211. The van der Waals surface area contributed by atoms with Crippen molar-refractivity contribution in [3.63, 3.8) is 0 Å². The molecule has 2 heterocycles. The minimum Gasteiger partial charge on any atom is -0.289 e. The van der Waals surface area contributed by atoms with E-state index in [1.54, 1.807) is 6.07 Å². The number of hydrogen-bond donors (Lipinski definition) is 2. The molecular formula is C8H6ClN5O. The number of H-pyrrole nitrogens is 1. The average molecular weight is 224 g/mol. The number of carbonyl (C=O) groups is 1. The van der Waals surface area contributed by atoms with Crippen LogP contribution in [0.3, 0.4) is 0 Å². The number of rotatable bonds is 2. The van der Waals surface area contributed by atoms with E-state index in [1.165, 1.54) is 18.5 Å². The normalized spacial score (nSPS) is 9.93. The lowest BCUT2D eigenvalue weighted by atomic mass is 10.4. The van der Waals surface area contributed by atoms with Gasteiger partial charge < -0.3 is 0 Å². The van der Waals surface area contributed by atoms with Crippen LogP contribution in [0, 0.1) is 0 Å². The predicted molar refractivity (Wildman–Crippen MR) is 53.6 cm³/mol. The van der Waals surface area contributed by atoms with Crippen LogP contribution in [-0.4, -0.2) is 26.1 Å².